The van der Waals surface area contributed by atoms with Crippen LogP contribution in [0, 0.1) is 0 Å². The lowest BCUT2D eigenvalue weighted by atomic mass is 10.2. The summed E-state index contributed by atoms with van der Waals surface area (Å²) in [5, 5.41) is 0. The molecule has 14 heavy (non-hydrogen) atoms. The molecule has 1 atom stereocenters. The van der Waals surface area contributed by atoms with Crippen LogP contribution < -0.4 is 16.2 Å². The summed E-state index contributed by atoms with van der Waals surface area (Å²) in [7, 11) is 0. The van der Waals surface area contributed by atoms with Crippen LogP contribution in [-0.2, 0) is 6.54 Å². The van der Waals surface area contributed by atoms with Gasteiger partial charge in [0, 0.05) is 6.54 Å². The van der Waals surface area contributed by atoms with E-state index < -0.39 is 0 Å². The van der Waals surface area contributed by atoms with E-state index in [0.717, 1.165) is 11.3 Å². The summed E-state index contributed by atoms with van der Waals surface area (Å²) in [6.45, 7) is 2.34. The predicted molar refractivity (Wildman–Crippen MR) is 63.1 cm³/mol. The van der Waals surface area contributed by atoms with Crippen LogP contribution in [0.2, 0.25) is 0 Å². The minimum atomic E-state index is -0.270. The van der Waals surface area contributed by atoms with Crippen LogP contribution in [0.4, 0.5) is 0 Å². The number of ether oxygens (including phenoxy) is 1. The zero-order valence-corrected chi connectivity index (χ0v) is 9.61. The van der Waals surface area contributed by atoms with Gasteiger partial charge in [-0.2, -0.15) is 0 Å². The van der Waals surface area contributed by atoms with Gasteiger partial charge in [-0.15, -0.1) is 24.8 Å². The summed E-state index contributed by atoms with van der Waals surface area (Å²) in [4.78, 5) is 0. The molecule has 0 spiro atoms. The molecule has 0 heterocycles. The van der Waals surface area contributed by atoms with Gasteiger partial charge in [0.25, 0.3) is 0 Å². The lowest BCUT2D eigenvalue weighted by Gasteiger charge is -2.09. The highest BCUT2D eigenvalue weighted by atomic mass is 35.5. The number of benzene rings is 1. The number of hydrogen-bond acceptors (Lipinski definition) is 3. The molecule has 0 aromatic heterocycles. The van der Waals surface area contributed by atoms with Gasteiger partial charge in [-0.1, -0.05) is 12.1 Å². The molecule has 0 radical (unpaired) electrons. The molecule has 0 aliphatic rings. The Balaban J connectivity index is 0. The highest BCUT2D eigenvalue weighted by molar-refractivity contribution is 5.85. The van der Waals surface area contributed by atoms with E-state index in [2.05, 4.69) is 0 Å². The number of hydrogen-bond donors (Lipinski definition) is 2. The van der Waals surface area contributed by atoms with Crippen LogP contribution >= 0.6 is 24.8 Å². The second-order valence-corrected chi connectivity index (χ2v) is 2.67. The molecule has 1 rings (SSSR count). The predicted octanol–water partition coefficient (Wildman–Crippen LogP) is 1.67. The molecule has 0 aliphatic carbocycles. The first kappa shape index (κ1) is 16.0. The fraction of sp³-hybridized carbons (Fsp3) is 0.333. The molecule has 5 heteroatoms. The highest BCUT2D eigenvalue weighted by Crippen LogP contribution is 2.12. The molecular formula is C9H16Cl2N2O. The average Bonchev–Trinajstić information content (AvgIpc) is 2.05. The first-order valence-electron chi connectivity index (χ1n) is 3.93. The van der Waals surface area contributed by atoms with E-state index in [1.54, 1.807) is 6.92 Å². The third-order valence-electron chi connectivity index (χ3n) is 1.48. The Labute approximate surface area is 96.6 Å². The SMILES string of the molecule is CC(N)Oc1ccc(CN)cc1.Cl.Cl. The number of halogens is 2. The van der Waals surface area contributed by atoms with Crippen LogP contribution in [0.15, 0.2) is 24.3 Å². The standard InChI is InChI=1S/C9H14N2O.2ClH/c1-7(11)12-9-4-2-8(6-10)3-5-9;;/h2-5,7H,6,10-11H2,1H3;2*1H. The van der Waals surface area contributed by atoms with Gasteiger partial charge in [-0.25, -0.2) is 0 Å². The third kappa shape index (κ3) is 5.29. The first-order valence-corrected chi connectivity index (χ1v) is 3.93. The zero-order chi connectivity index (χ0) is 8.97. The van der Waals surface area contributed by atoms with Gasteiger partial charge in [-0.05, 0) is 24.6 Å². The Bertz CT molecular complexity index is 239. The average molecular weight is 239 g/mol. The molecule has 0 saturated carbocycles. The van der Waals surface area contributed by atoms with Crippen LogP contribution in [0.1, 0.15) is 12.5 Å². The molecule has 0 saturated heterocycles. The second-order valence-electron chi connectivity index (χ2n) is 2.67. The van der Waals surface area contributed by atoms with Gasteiger partial charge in [0.05, 0.1) is 0 Å². The quantitative estimate of drug-likeness (QED) is 0.789. The molecule has 1 aromatic rings. The third-order valence-corrected chi connectivity index (χ3v) is 1.48. The van der Waals surface area contributed by atoms with E-state index in [4.69, 9.17) is 16.2 Å². The van der Waals surface area contributed by atoms with E-state index >= 15 is 0 Å². The molecule has 1 aromatic carbocycles. The van der Waals surface area contributed by atoms with Crippen LogP contribution in [0.25, 0.3) is 0 Å². The van der Waals surface area contributed by atoms with Gasteiger partial charge in [0.1, 0.15) is 12.0 Å². The Morgan fingerprint density at radius 2 is 1.71 bits per heavy atom. The van der Waals surface area contributed by atoms with Crippen molar-refractivity contribution < 1.29 is 4.74 Å². The number of nitrogens with two attached hydrogens (primary N) is 2. The van der Waals surface area contributed by atoms with Gasteiger partial charge in [-0.3, -0.25) is 5.73 Å². The second kappa shape index (κ2) is 7.88. The van der Waals surface area contributed by atoms with Crippen molar-refractivity contribution in [2.75, 3.05) is 0 Å². The van der Waals surface area contributed by atoms with Crippen LogP contribution in [0.5, 0.6) is 5.75 Å². The molecule has 3 nitrogen and oxygen atoms in total. The van der Waals surface area contributed by atoms with Crippen molar-refractivity contribution in [1.82, 2.24) is 0 Å². The highest BCUT2D eigenvalue weighted by Gasteiger charge is 1.96. The molecular weight excluding hydrogens is 223 g/mol. The van der Waals surface area contributed by atoms with Crippen molar-refractivity contribution in [3.8, 4) is 5.75 Å². The van der Waals surface area contributed by atoms with Crippen molar-refractivity contribution in [3.05, 3.63) is 29.8 Å². The van der Waals surface area contributed by atoms with E-state index in [-0.39, 0.29) is 31.0 Å². The molecule has 0 aliphatic heterocycles. The van der Waals surface area contributed by atoms with E-state index in [9.17, 15) is 0 Å². The molecule has 0 bridgehead atoms. The van der Waals surface area contributed by atoms with Crippen molar-refractivity contribution in [2.45, 2.75) is 19.7 Å². The Kier molecular flexibility index (Phi) is 8.99. The first-order chi connectivity index (χ1) is 5.72. The summed E-state index contributed by atoms with van der Waals surface area (Å²) < 4.78 is 5.25. The Hall–Kier alpha value is -0.480. The van der Waals surface area contributed by atoms with Gasteiger partial charge < -0.3 is 10.5 Å². The largest absolute Gasteiger partial charge is 0.476 e. The summed E-state index contributed by atoms with van der Waals surface area (Å²) in [6, 6.07) is 7.59. The maximum absolute atomic E-state index is 5.45. The molecule has 0 fully saturated rings. The van der Waals surface area contributed by atoms with Gasteiger partial charge >= 0.3 is 0 Å². The Morgan fingerprint density at radius 3 is 2.07 bits per heavy atom. The van der Waals surface area contributed by atoms with Gasteiger partial charge in [0.2, 0.25) is 0 Å². The fourth-order valence-corrected chi connectivity index (χ4v) is 0.919. The molecule has 1 unspecified atom stereocenters. The summed E-state index contributed by atoms with van der Waals surface area (Å²) >= 11 is 0. The lowest BCUT2D eigenvalue weighted by molar-refractivity contribution is 0.230. The summed E-state index contributed by atoms with van der Waals surface area (Å²) in [5.74, 6) is 0.780. The maximum atomic E-state index is 5.45. The van der Waals surface area contributed by atoms with Crippen LogP contribution in [-0.4, -0.2) is 6.23 Å². The van der Waals surface area contributed by atoms with Crippen molar-refractivity contribution in [1.29, 1.82) is 0 Å². The smallest absolute Gasteiger partial charge is 0.144 e. The monoisotopic (exact) mass is 238 g/mol. The topological polar surface area (TPSA) is 61.3 Å². The molecule has 0 amide bonds. The van der Waals surface area contributed by atoms with Crippen molar-refractivity contribution in [3.63, 3.8) is 0 Å². The van der Waals surface area contributed by atoms with E-state index in [1.807, 2.05) is 24.3 Å². The molecule has 4 N–H and O–H groups in total. The summed E-state index contributed by atoms with van der Waals surface area (Å²) in [5.41, 5.74) is 12.0. The lowest BCUT2D eigenvalue weighted by Crippen LogP contribution is -2.22. The van der Waals surface area contributed by atoms with E-state index in [0.29, 0.717) is 6.54 Å². The normalized spacial score (nSPS) is 10.8. The van der Waals surface area contributed by atoms with Crippen LogP contribution in [0.3, 0.4) is 0 Å². The van der Waals surface area contributed by atoms with Gasteiger partial charge in [0.15, 0.2) is 0 Å². The zero-order valence-electron chi connectivity index (χ0n) is 7.97. The fourth-order valence-electron chi connectivity index (χ4n) is 0.919. The van der Waals surface area contributed by atoms with E-state index in [1.165, 1.54) is 0 Å². The Morgan fingerprint density at radius 1 is 1.21 bits per heavy atom. The minimum Gasteiger partial charge on any atom is -0.476 e. The summed E-state index contributed by atoms with van der Waals surface area (Å²) in [6.07, 6.45) is -0.270. The maximum Gasteiger partial charge on any atom is 0.144 e. The minimum absolute atomic E-state index is 0. The number of rotatable bonds is 3. The molecule has 82 valence electrons. The van der Waals surface area contributed by atoms with Crippen molar-refractivity contribution >= 4 is 24.8 Å². The van der Waals surface area contributed by atoms with Crippen molar-refractivity contribution in [2.24, 2.45) is 11.5 Å².